The Balaban J connectivity index is 1.12. The van der Waals surface area contributed by atoms with E-state index in [9.17, 15) is 9.59 Å². The van der Waals surface area contributed by atoms with Crippen LogP contribution in [0.4, 0.5) is 5.69 Å². The molecule has 13 heteroatoms. The Labute approximate surface area is 219 Å². The normalized spacial score (nSPS) is 15.3. The molecule has 5 rings (SSSR count). The number of carbonyl (C=O) groups excluding carboxylic acids is 2. The van der Waals surface area contributed by atoms with Crippen molar-refractivity contribution in [3.63, 3.8) is 0 Å². The number of carbonyl (C=O) groups is 2. The molecule has 1 fully saturated rings. The summed E-state index contributed by atoms with van der Waals surface area (Å²) in [5.41, 5.74) is 2.34. The molecular weight excluding hydrogens is 519 g/mol. The van der Waals surface area contributed by atoms with Crippen LogP contribution in [0.3, 0.4) is 0 Å². The molecule has 2 aromatic carbocycles. The number of nitrogens with one attached hydrogen (secondary N) is 2. The Kier molecular flexibility index (Phi) is 8.11. The van der Waals surface area contributed by atoms with E-state index in [1.807, 2.05) is 48.5 Å². The van der Waals surface area contributed by atoms with Gasteiger partial charge in [0.2, 0.25) is 17.0 Å². The van der Waals surface area contributed by atoms with Crippen molar-refractivity contribution >= 4 is 62.6 Å². The highest BCUT2D eigenvalue weighted by molar-refractivity contribution is 8.01. The van der Waals surface area contributed by atoms with Gasteiger partial charge in [0, 0.05) is 18.8 Å². The van der Waals surface area contributed by atoms with E-state index in [4.69, 9.17) is 4.74 Å². The molecule has 2 aromatic heterocycles. The largest absolute Gasteiger partial charge is 0.376 e. The molecule has 2 N–H and O–H groups in total. The fraction of sp³-hybridized carbons (Fsp3) is 0.304. The Morgan fingerprint density at radius 2 is 1.97 bits per heavy atom. The molecule has 1 saturated heterocycles. The van der Waals surface area contributed by atoms with E-state index in [0.29, 0.717) is 23.1 Å². The van der Waals surface area contributed by atoms with E-state index in [1.54, 1.807) is 4.68 Å². The van der Waals surface area contributed by atoms with E-state index < -0.39 is 0 Å². The van der Waals surface area contributed by atoms with Crippen LogP contribution >= 0.6 is 34.9 Å². The van der Waals surface area contributed by atoms with Gasteiger partial charge in [-0.3, -0.25) is 9.59 Å². The number of nitrogens with zero attached hydrogens (tertiary/aromatic N) is 5. The zero-order valence-electron chi connectivity index (χ0n) is 19.1. The van der Waals surface area contributed by atoms with E-state index >= 15 is 0 Å². The molecule has 36 heavy (non-hydrogen) atoms. The first-order valence-corrected chi connectivity index (χ1v) is 14.1. The van der Waals surface area contributed by atoms with Crippen molar-refractivity contribution < 1.29 is 14.3 Å². The molecule has 0 bridgehead atoms. The van der Waals surface area contributed by atoms with Crippen molar-refractivity contribution in [1.82, 2.24) is 30.5 Å². The number of benzene rings is 2. The van der Waals surface area contributed by atoms with Crippen LogP contribution in [0.5, 0.6) is 0 Å². The average Bonchev–Trinajstić information content (AvgIpc) is 3.66. The molecule has 2 amide bonds. The van der Waals surface area contributed by atoms with E-state index in [1.165, 1.54) is 34.9 Å². The number of rotatable bonds is 10. The summed E-state index contributed by atoms with van der Waals surface area (Å²) in [6.45, 7) is 1.33. The molecule has 0 radical (unpaired) electrons. The van der Waals surface area contributed by atoms with Crippen LogP contribution in [-0.2, 0) is 14.3 Å². The zero-order chi connectivity index (χ0) is 24.7. The minimum Gasteiger partial charge on any atom is -0.376 e. The van der Waals surface area contributed by atoms with Crippen LogP contribution in [-0.4, -0.2) is 67.8 Å². The lowest BCUT2D eigenvalue weighted by molar-refractivity contribution is -0.119. The monoisotopic (exact) mass is 541 g/mol. The van der Waals surface area contributed by atoms with Gasteiger partial charge in [-0.2, -0.15) is 4.68 Å². The highest BCUT2D eigenvalue weighted by Gasteiger charge is 2.17. The molecule has 4 aromatic rings. The van der Waals surface area contributed by atoms with Crippen LogP contribution < -0.4 is 10.6 Å². The lowest BCUT2D eigenvalue weighted by Gasteiger charge is -2.09. The van der Waals surface area contributed by atoms with Gasteiger partial charge in [-0.05, 0) is 53.6 Å². The maximum Gasteiger partial charge on any atom is 0.234 e. The third kappa shape index (κ3) is 6.40. The van der Waals surface area contributed by atoms with Crippen molar-refractivity contribution in [2.45, 2.75) is 28.4 Å². The van der Waals surface area contributed by atoms with Gasteiger partial charge in [-0.15, -0.1) is 16.4 Å². The first kappa shape index (κ1) is 24.7. The fourth-order valence-corrected chi connectivity index (χ4v) is 6.21. The Morgan fingerprint density at radius 1 is 1.11 bits per heavy atom. The smallest absolute Gasteiger partial charge is 0.234 e. The fourth-order valence-electron chi connectivity index (χ4n) is 3.58. The maximum atomic E-state index is 12.6. The maximum absolute atomic E-state index is 12.6. The summed E-state index contributed by atoms with van der Waals surface area (Å²) in [6, 6.07) is 15.1. The van der Waals surface area contributed by atoms with E-state index in [2.05, 4.69) is 31.1 Å². The van der Waals surface area contributed by atoms with Gasteiger partial charge in [0.15, 0.2) is 4.34 Å². The second kappa shape index (κ2) is 11.8. The third-order valence-electron chi connectivity index (χ3n) is 5.30. The number of ether oxygens (including phenoxy) is 1. The van der Waals surface area contributed by atoms with Crippen molar-refractivity contribution in [3.8, 4) is 5.69 Å². The molecule has 1 aliphatic rings. The van der Waals surface area contributed by atoms with Gasteiger partial charge in [0.05, 0.1) is 33.5 Å². The summed E-state index contributed by atoms with van der Waals surface area (Å²) >= 11 is 4.16. The first-order chi connectivity index (χ1) is 17.6. The number of tetrazole rings is 1. The third-order valence-corrected chi connectivity index (χ3v) is 8.38. The molecular formula is C23H23N7O3S3. The predicted molar refractivity (Wildman–Crippen MR) is 141 cm³/mol. The molecule has 186 valence electrons. The van der Waals surface area contributed by atoms with Crippen LogP contribution in [0.2, 0.25) is 0 Å². The summed E-state index contributed by atoms with van der Waals surface area (Å²) in [4.78, 5) is 29.3. The first-order valence-electron chi connectivity index (χ1n) is 11.3. The number of thiazole rings is 1. The van der Waals surface area contributed by atoms with Gasteiger partial charge < -0.3 is 15.4 Å². The van der Waals surface area contributed by atoms with Gasteiger partial charge in [-0.1, -0.05) is 41.7 Å². The lowest BCUT2D eigenvalue weighted by atomic mass is 10.2. The molecule has 0 aliphatic carbocycles. The standard InChI is InChI=1S/C23H23N7O3S3/c31-20(24-12-17-7-4-10-33-17)13-35-23-26-18-9-8-15(11-19(18)36-23)25-21(32)14-34-22-27-28-29-30(22)16-5-2-1-3-6-16/h1-3,5-6,8-9,11,17H,4,7,10,12-14H2,(H,24,31)(H,25,32)/t17-/m1/s1. The zero-order valence-corrected chi connectivity index (χ0v) is 21.6. The van der Waals surface area contributed by atoms with Crippen LogP contribution in [0, 0.1) is 0 Å². The molecule has 0 unspecified atom stereocenters. The molecule has 1 aliphatic heterocycles. The Bertz CT molecular complexity index is 1340. The number of anilines is 1. The number of hydrogen-bond acceptors (Lipinski definition) is 10. The number of fused-ring (bicyclic) bond motifs is 1. The minimum absolute atomic E-state index is 0.0292. The SMILES string of the molecule is O=C(CSc1nc2ccc(NC(=O)CSc3nnnn3-c3ccccc3)cc2s1)NC[C@H]1CCCO1. The van der Waals surface area contributed by atoms with Gasteiger partial charge in [0.25, 0.3) is 0 Å². The second-order valence-electron chi connectivity index (χ2n) is 7.94. The number of amides is 2. The highest BCUT2D eigenvalue weighted by atomic mass is 32.2. The van der Waals surface area contributed by atoms with E-state index in [0.717, 1.165) is 39.7 Å². The Hall–Kier alpha value is -3.00. The second-order valence-corrected chi connectivity index (χ2v) is 11.1. The van der Waals surface area contributed by atoms with Gasteiger partial charge in [-0.25, -0.2) is 4.98 Å². The Morgan fingerprint density at radius 3 is 2.81 bits per heavy atom. The average molecular weight is 542 g/mol. The quantitative estimate of drug-likeness (QED) is 0.291. The lowest BCUT2D eigenvalue weighted by Crippen LogP contribution is -2.32. The number of aromatic nitrogens is 5. The minimum atomic E-state index is -0.163. The summed E-state index contributed by atoms with van der Waals surface area (Å²) in [5, 5.41) is 18.1. The van der Waals surface area contributed by atoms with Crippen molar-refractivity contribution in [3.05, 3.63) is 48.5 Å². The molecule has 0 spiro atoms. The van der Waals surface area contributed by atoms with E-state index in [-0.39, 0.29) is 23.7 Å². The summed E-state index contributed by atoms with van der Waals surface area (Å²) in [5.74, 6) is 0.272. The number of hydrogen-bond donors (Lipinski definition) is 2. The molecule has 3 heterocycles. The van der Waals surface area contributed by atoms with Crippen LogP contribution in [0.15, 0.2) is 58.0 Å². The summed E-state index contributed by atoms with van der Waals surface area (Å²) < 4.78 is 8.88. The van der Waals surface area contributed by atoms with Gasteiger partial charge in [0.1, 0.15) is 0 Å². The molecule has 10 nitrogen and oxygen atoms in total. The number of para-hydroxylation sites is 1. The molecule has 0 saturated carbocycles. The molecule has 1 atom stereocenters. The summed E-state index contributed by atoms with van der Waals surface area (Å²) in [6.07, 6.45) is 2.18. The summed E-state index contributed by atoms with van der Waals surface area (Å²) in [7, 11) is 0. The van der Waals surface area contributed by atoms with Gasteiger partial charge >= 0.3 is 0 Å². The topological polar surface area (TPSA) is 124 Å². The van der Waals surface area contributed by atoms with Crippen LogP contribution in [0.25, 0.3) is 15.9 Å². The van der Waals surface area contributed by atoms with Crippen LogP contribution in [0.1, 0.15) is 12.8 Å². The number of thioether (sulfide) groups is 2. The van der Waals surface area contributed by atoms with Crippen molar-refractivity contribution in [1.29, 1.82) is 0 Å². The van der Waals surface area contributed by atoms with Crippen molar-refractivity contribution in [2.75, 3.05) is 30.0 Å². The van der Waals surface area contributed by atoms with Crippen molar-refractivity contribution in [2.24, 2.45) is 0 Å². The predicted octanol–water partition coefficient (Wildman–Crippen LogP) is 3.39. The highest BCUT2D eigenvalue weighted by Crippen LogP contribution is 2.31.